The number of hydrogen-bond donors (Lipinski definition) is 2. The molecule has 0 saturated carbocycles. The summed E-state index contributed by atoms with van der Waals surface area (Å²) in [5.74, 6) is -0.728. The average Bonchev–Trinajstić information content (AvgIpc) is 3.05. The van der Waals surface area contributed by atoms with Crippen molar-refractivity contribution >= 4 is 45.5 Å². The molecule has 1 aromatic heterocycles. The van der Waals surface area contributed by atoms with E-state index in [-0.39, 0.29) is 40.0 Å². The number of ether oxygens (including phenoxy) is 1. The van der Waals surface area contributed by atoms with E-state index >= 15 is 0 Å². The minimum atomic E-state index is -0.517. The average molecular weight is 389 g/mol. The van der Waals surface area contributed by atoms with Crippen LogP contribution in [0.25, 0.3) is 21.9 Å². The molecule has 0 unspecified atom stereocenters. The molecule has 3 amide bonds. The maximum absolute atomic E-state index is 12.6. The lowest BCUT2D eigenvalue weighted by Crippen LogP contribution is -2.37. The van der Waals surface area contributed by atoms with E-state index in [1.165, 1.54) is 24.3 Å². The summed E-state index contributed by atoms with van der Waals surface area (Å²) in [5.41, 5.74) is -0.0470. The summed E-state index contributed by atoms with van der Waals surface area (Å²) >= 11 is 5.93. The van der Waals surface area contributed by atoms with Gasteiger partial charge in [0.05, 0.1) is 5.39 Å². The standard InChI is InChI=1S/C18H13ClN2O6/c19-9-1-2-11-13(5-9)27-14-7-10(6-12(22)16(14)17(11)24)26-8-15(23)21-4-3-20-18(21)25/h1-2,5-7,22H,3-4,8H2,(H,20,25). The van der Waals surface area contributed by atoms with Gasteiger partial charge in [-0.3, -0.25) is 14.5 Å². The summed E-state index contributed by atoms with van der Waals surface area (Å²) in [6.07, 6.45) is 0. The van der Waals surface area contributed by atoms with Crippen molar-refractivity contribution in [2.24, 2.45) is 0 Å². The number of benzene rings is 2. The number of hydrogen-bond acceptors (Lipinski definition) is 6. The first-order valence-corrected chi connectivity index (χ1v) is 8.42. The van der Waals surface area contributed by atoms with E-state index < -0.39 is 24.0 Å². The number of carbonyl (C=O) groups is 2. The Balaban J connectivity index is 1.68. The van der Waals surface area contributed by atoms with Crippen LogP contribution < -0.4 is 15.5 Å². The zero-order valence-corrected chi connectivity index (χ0v) is 14.6. The maximum atomic E-state index is 12.6. The van der Waals surface area contributed by atoms with E-state index in [1.54, 1.807) is 6.07 Å². The Labute approximate surface area is 156 Å². The third-order valence-corrected chi connectivity index (χ3v) is 4.45. The lowest BCUT2D eigenvalue weighted by molar-refractivity contribution is -0.129. The molecule has 3 aromatic rings. The SMILES string of the molecule is O=C(COc1cc(O)c2c(=O)c3ccc(Cl)cc3oc2c1)N1CCNC1=O. The normalized spacial score (nSPS) is 14.0. The van der Waals surface area contributed by atoms with Crippen molar-refractivity contribution in [2.45, 2.75) is 0 Å². The van der Waals surface area contributed by atoms with E-state index in [4.69, 9.17) is 20.8 Å². The highest BCUT2D eigenvalue weighted by molar-refractivity contribution is 6.31. The molecule has 1 aliphatic heterocycles. The van der Waals surface area contributed by atoms with E-state index in [0.29, 0.717) is 11.6 Å². The van der Waals surface area contributed by atoms with Crippen LogP contribution in [0.15, 0.2) is 39.5 Å². The highest BCUT2D eigenvalue weighted by Crippen LogP contribution is 2.31. The van der Waals surface area contributed by atoms with Crippen LogP contribution in [0.1, 0.15) is 0 Å². The van der Waals surface area contributed by atoms with Gasteiger partial charge in [-0.15, -0.1) is 0 Å². The van der Waals surface area contributed by atoms with E-state index in [9.17, 15) is 19.5 Å². The van der Waals surface area contributed by atoms with Crippen LogP contribution >= 0.6 is 11.6 Å². The fraction of sp³-hybridized carbons (Fsp3) is 0.167. The van der Waals surface area contributed by atoms with E-state index in [2.05, 4.69) is 5.32 Å². The van der Waals surface area contributed by atoms with Crippen LogP contribution in [0.4, 0.5) is 4.79 Å². The van der Waals surface area contributed by atoms with Crippen molar-refractivity contribution in [3.05, 3.63) is 45.6 Å². The Bertz CT molecular complexity index is 1160. The molecule has 2 aromatic carbocycles. The molecule has 2 N–H and O–H groups in total. The molecule has 0 radical (unpaired) electrons. The highest BCUT2D eigenvalue weighted by atomic mass is 35.5. The molecule has 138 valence electrons. The molecule has 4 rings (SSSR count). The largest absolute Gasteiger partial charge is 0.507 e. The zero-order valence-electron chi connectivity index (χ0n) is 13.8. The first kappa shape index (κ1) is 17.2. The summed E-state index contributed by atoms with van der Waals surface area (Å²) in [6.45, 7) is 0.260. The number of imide groups is 1. The zero-order chi connectivity index (χ0) is 19.1. The number of urea groups is 1. The fourth-order valence-corrected chi connectivity index (χ4v) is 3.08. The van der Waals surface area contributed by atoms with Crippen LogP contribution in [0.3, 0.4) is 0 Å². The lowest BCUT2D eigenvalue weighted by Gasteiger charge is -2.13. The molecule has 27 heavy (non-hydrogen) atoms. The smallest absolute Gasteiger partial charge is 0.324 e. The van der Waals surface area contributed by atoms with Gasteiger partial charge in [-0.05, 0) is 12.1 Å². The van der Waals surface area contributed by atoms with Gasteiger partial charge in [-0.2, -0.15) is 0 Å². The van der Waals surface area contributed by atoms with Crippen molar-refractivity contribution in [3.8, 4) is 11.5 Å². The summed E-state index contributed by atoms with van der Waals surface area (Å²) in [4.78, 5) is 37.2. The minimum Gasteiger partial charge on any atom is -0.507 e. The molecule has 0 aliphatic carbocycles. The number of nitrogens with one attached hydrogen (secondary N) is 1. The van der Waals surface area contributed by atoms with Crippen molar-refractivity contribution in [2.75, 3.05) is 19.7 Å². The van der Waals surface area contributed by atoms with Crippen LogP contribution in [-0.4, -0.2) is 41.6 Å². The minimum absolute atomic E-state index is 0.00224. The molecule has 0 spiro atoms. The first-order chi connectivity index (χ1) is 12.9. The number of fused-ring (bicyclic) bond motifs is 2. The summed E-state index contributed by atoms with van der Waals surface area (Å²) in [7, 11) is 0. The highest BCUT2D eigenvalue weighted by Gasteiger charge is 2.26. The van der Waals surface area contributed by atoms with Crippen LogP contribution in [-0.2, 0) is 4.79 Å². The van der Waals surface area contributed by atoms with Crippen LogP contribution in [0.2, 0.25) is 5.02 Å². The molecule has 9 heteroatoms. The van der Waals surface area contributed by atoms with Gasteiger partial charge >= 0.3 is 6.03 Å². The number of phenolic OH excluding ortho intramolecular Hbond substituents is 1. The third kappa shape index (κ3) is 3.04. The Morgan fingerprint density at radius 2 is 2.07 bits per heavy atom. The number of aromatic hydroxyl groups is 1. The molecular weight excluding hydrogens is 376 g/mol. The predicted octanol–water partition coefficient (Wildman–Crippen LogP) is 2.24. The van der Waals surface area contributed by atoms with E-state index in [1.807, 2.05) is 0 Å². The first-order valence-electron chi connectivity index (χ1n) is 8.04. The molecule has 2 heterocycles. The maximum Gasteiger partial charge on any atom is 0.324 e. The van der Waals surface area contributed by atoms with Crippen molar-refractivity contribution in [1.29, 1.82) is 0 Å². The van der Waals surface area contributed by atoms with Gasteiger partial charge in [0, 0.05) is 36.3 Å². The molecule has 1 fully saturated rings. The second kappa shape index (κ2) is 6.48. The van der Waals surface area contributed by atoms with Gasteiger partial charge < -0.3 is 19.6 Å². The number of amides is 3. The van der Waals surface area contributed by atoms with Crippen LogP contribution in [0.5, 0.6) is 11.5 Å². The van der Waals surface area contributed by atoms with Gasteiger partial charge in [0.1, 0.15) is 28.1 Å². The molecule has 1 saturated heterocycles. The van der Waals surface area contributed by atoms with Gasteiger partial charge in [0.15, 0.2) is 6.61 Å². The monoisotopic (exact) mass is 388 g/mol. The summed E-state index contributed by atoms with van der Waals surface area (Å²) in [6, 6.07) is 6.72. The van der Waals surface area contributed by atoms with Gasteiger partial charge in [-0.1, -0.05) is 11.6 Å². The molecule has 0 bridgehead atoms. The predicted molar refractivity (Wildman–Crippen MR) is 97.3 cm³/mol. The number of nitrogens with zero attached hydrogens (tertiary/aromatic N) is 1. The third-order valence-electron chi connectivity index (χ3n) is 4.21. The van der Waals surface area contributed by atoms with Crippen molar-refractivity contribution < 1.29 is 23.8 Å². The second-order valence-electron chi connectivity index (χ2n) is 5.95. The van der Waals surface area contributed by atoms with Gasteiger partial charge in [0.2, 0.25) is 5.43 Å². The fourth-order valence-electron chi connectivity index (χ4n) is 2.92. The lowest BCUT2D eigenvalue weighted by atomic mass is 10.1. The Kier molecular flexibility index (Phi) is 4.12. The Hall–Kier alpha value is -3.26. The quantitative estimate of drug-likeness (QED) is 0.666. The number of halogens is 1. The van der Waals surface area contributed by atoms with Crippen molar-refractivity contribution in [3.63, 3.8) is 0 Å². The number of carbonyl (C=O) groups excluding carboxylic acids is 2. The molecular formula is C18H13ClN2O6. The van der Waals surface area contributed by atoms with E-state index in [0.717, 1.165) is 4.90 Å². The van der Waals surface area contributed by atoms with Crippen molar-refractivity contribution in [1.82, 2.24) is 10.2 Å². The van der Waals surface area contributed by atoms with Gasteiger partial charge in [0.25, 0.3) is 5.91 Å². The summed E-state index contributed by atoms with van der Waals surface area (Å²) < 4.78 is 11.0. The number of phenols is 1. The van der Waals surface area contributed by atoms with Crippen LogP contribution in [0, 0.1) is 0 Å². The molecule has 0 atom stereocenters. The summed E-state index contributed by atoms with van der Waals surface area (Å²) in [5, 5.41) is 13.4. The Morgan fingerprint density at radius 1 is 1.26 bits per heavy atom. The van der Waals surface area contributed by atoms with Gasteiger partial charge in [-0.25, -0.2) is 4.79 Å². The number of rotatable bonds is 3. The topological polar surface area (TPSA) is 109 Å². The Morgan fingerprint density at radius 3 is 2.81 bits per heavy atom. The second-order valence-corrected chi connectivity index (χ2v) is 6.39. The molecule has 1 aliphatic rings. The molecule has 8 nitrogen and oxygen atoms in total.